The van der Waals surface area contributed by atoms with Crippen LogP contribution in [-0.2, 0) is 16.0 Å². The summed E-state index contributed by atoms with van der Waals surface area (Å²) < 4.78 is 18.4. The van der Waals surface area contributed by atoms with Crippen molar-refractivity contribution in [2.75, 3.05) is 11.9 Å². The number of ether oxygens (including phenoxy) is 1. The van der Waals surface area contributed by atoms with Gasteiger partial charge in [-0.2, -0.15) is 0 Å². The van der Waals surface area contributed by atoms with Gasteiger partial charge in [0.15, 0.2) is 5.13 Å². The number of nitrogens with zero attached hydrogens (tertiary/aromatic N) is 1. The predicted molar refractivity (Wildman–Crippen MR) is 88.1 cm³/mol. The first-order valence-corrected chi connectivity index (χ1v) is 8.53. The molecule has 1 aromatic heterocycles. The van der Waals surface area contributed by atoms with E-state index >= 15 is 0 Å². The highest BCUT2D eigenvalue weighted by Gasteiger charge is 2.26. The first-order valence-electron chi connectivity index (χ1n) is 7.72. The van der Waals surface area contributed by atoms with Gasteiger partial charge < -0.3 is 10.1 Å². The summed E-state index contributed by atoms with van der Waals surface area (Å²) >= 11 is 1.46. The van der Waals surface area contributed by atoms with Crippen molar-refractivity contribution < 1.29 is 13.9 Å². The minimum atomic E-state index is -0.239. The van der Waals surface area contributed by atoms with E-state index in [0.29, 0.717) is 18.2 Å². The maximum atomic E-state index is 12.9. The van der Waals surface area contributed by atoms with Gasteiger partial charge in [-0.1, -0.05) is 12.1 Å². The van der Waals surface area contributed by atoms with Gasteiger partial charge in [-0.15, -0.1) is 11.3 Å². The third-order valence-corrected chi connectivity index (χ3v) is 4.84. The Morgan fingerprint density at radius 3 is 2.96 bits per heavy atom. The smallest absolute Gasteiger partial charge is 0.229 e. The van der Waals surface area contributed by atoms with E-state index in [0.717, 1.165) is 23.3 Å². The normalized spacial score (nSPS) is 21.1. The van der Waals surface area contributed by atoms with Gasteiger partial charge in [0.1, 0.15) is 5.82 Å². The van der Waals surface area contributed by atoms with Crippen LogP contribution in [0.2, 0.25) is 0 Å². The number of aromatic nitrogens is 1. The Bertz CT molecular complexity index is 671. The van der Waals surface area contributed by atoms with Gasteiger partial charge in [0, 0.05) is 30.0 Å². The Kier molecular flexibility index (Phi) is 5.03. The van der Waals surface area contributed by atoms with E-state index in [1.54, 1.807) is 18.3 Å². The SMILES string of the molecule is CC1CC(C(=O)Nc2ncc(Cc3ccc(F)cc3)s2)CCO1. The van der Waals surface area contributed by atoms with Crippen LogP contribution in [-0.4, -0.2) is 23.6 Å². The quantitative estimate of drug-likeness (QED) is 0.929. The average molecular weight is 334 g/mol. The summed E-state index contributed by atoms with van der Waals surface area (Å²) in [6, 6.07) is 6.42. The monoisotopic (exact) mass is 334 g/mol. The van der Waals surface area contributed by atoms with Crippen LogP contribution >= 0.6 is 11.3 Å². The summed E-state index contributed by atoms with van der Waals surface area (Å²) in [6.07, 6.45) is 4.08. The fourth-order valence-electron chi connectivity index (χ4n) is 2.69. The Morgan fingerprint density at radius 2 is 2.22 bits per heavy atom. The van der Waals surface area contributed by atoms with Gasteiger partial charge in [0.05, 0.1) is 6.10 Å². The highest BCUT2D eigenvalue weighted by Crippen LogP contribution is 2.25. The summed E-state index contributed by atoms with van der Waals surface area (Å²) in [4.78, 5) is 17.6. The number of hydrogen-bond acceptors (Lipinski definition) is 4. The molecule has 122 valence electrons. The van der Waals surface area contributed by atoms with Crippen LogP contribution in [0, 0.1) is 11.7 Å². The van der Waals surface area contributed by atoms with Crippen LogP contribution in [0.15, 0.2) is 30.5 Å². The van der Waals surface area contributed by atoms with Gasteiger partial charge in [0.2, 0.25) is 5.91 Å². The lowest BCUT2D eigenvalue weighted by atomic mass is 9.95. The first-order chi connectivity index (χ1) is 11.1. The third kappa shape index (κ3) is 4.36. The van der Waals surface area contributed by atoms with Crippen LogP contribution in [0.4, 0.5) is 9.52 Å². The summed E-state index contributed by atoms with van der Waals surface area (Å²) in [5.41, 5.74) is 1.02. The van der Waals surface area contributed by atoms with Crippen LogP contribution in [0.3, 0.4) is 0 Å². The predicted octanol–water partition coefficient (Wildman–Crippen LogP) is 3.63. The number of benzene rings is 1. The van der Waals surface area contributed by atoms with Crippen molar-refractivity contribution >= 4 is 22.4 Å². The highest BCUT2D eigenvalue weighted by molar-refractivity contribution is 7.15. The van der Waals surface area contributed by atoms with Crippen LogP contribution in [0.5, 0.6) is 0 Å². The number of amides is 1. The standard InChI is InChI=1S/C17H19FN2O2S/c1-11-8-13(6-7-22-11)16(21)20-17-19-10-15(23-17)9-12-2-4-14(18)5-3-12/h2-5,10-11,13H,6-9H2,1H3,(H,19,20,21). The molecule has 1 aliphatic rings. The number of thiazole rings is 1. The summed E-state index contributed by atoms with van der Waals surface area (Å²) in [7, 11) is 0. The number of halogens is 1. The van der Waals surface area contributed by atoms with Crippen molar-refractivity contribution in [3.8, 4) is 0 Å². The molecule has 2 aromatic rings. The van der Waals surface area contributed by atoms with E-state index in [4.69, 9.17) is 4.74 Å². The van der Waals surface area contributed by atoms with Gasteiger partial charge in [-0.25, -0.2) is 9.37 Å². The molecule has 23 heavy (non-hydrogen) atoms. The number of anilines is 1. The minimum Gasteiger partial charge on any atom is -0.378 e. The summed E-state index contributed by atoms with van der Waals surface area (Å²) in [5.74, 6) is -0.234. The van der Waals surface area contributed by atoms with Gasteiger partial charge >= 0.3 is 0 Å². The second kappa shape index (κ2) is 7.19. The molecule has 3 rings (SSSR count). The van der Waals surface area contributed by atoms with Crippen molar-refractivity contribution in [3.63, 3.8) is 0 Å². The summed E-state index contributed by atoms with van der Waals surface area (Å²) in [6.45, 7) is 2.62. The fraction of sp³-hybridized carbons (Fsp3) is 0.412. The van der Waals surface area contributed by atoms with Crippen molar-refractivity contribution in [2.45, 2.75) is 32.3 Å². The number of nitrogens with one attached hydrogen (secondary N) is 1. The van der Waals surface area contributed by atoms with E-state index in [-0.39, 0.29) is 23.7 Å². The molecule has 2 atom stereocenters. The number of carbonyl (C=O) groups excluding carboxylic acids is 1. The first kappa shape index (κ1) is 16.1. The Labute approximate surface area is 138 Å². The molecule has 1 aliphatic heterocycles. The van der Waals surface area contributed by atoms with Crippen molar-refractivity contribution in [2.24, 2.45) is 5.92 Å². The van der Waals surface area contributed by atoms with E-state index in [1.807, 2.05) is 6.92 Å². The lowest BCUT2D eigenvalue weighted by Gasteiger charge is -2.25. The Hall–Kier alpha value is -1.79. The van der Waals surface area contributed by atoms with Gasteiger partial charge in [-0.3, -0.25) is 4.79 Å². The second-order valence-corrected chi connectivity index (χ2v) is 6.94. The zero-order valence-electron chi connectivity index (χ0n) is 12.9. The zero-order chi connectivity index (χ0) is 16.2. The molecule has 4 nitrogen and oxygen atoms in total. The van der Waals surface area contributed by atoms with E-state index < -0.39 is 0 Å². The maximum Gasteiger partial charge on any atom is 0.229 e. The largest absolute Gasteiger partial charge is 0.378 e. The molecule has 1 saturated heterocycles. The average Bonchev–Trinajstić information content (AvgIpc) is 2.96. The molecule has 6 heteroatoms. The number of rotatable bonds is 4. The van der Waals surface area contributed by atoms with Crippen LogP contribution in [0.1, 0.15) is 30.2 Å². The molecule has 2 heterocycles. The molecule has 0 bridgehead atoms. The molecule has 1 amide bonds. The second-order valence-electron chi connectivity index (χ2n) is 5.83. The number of hydrogen-bond donors (Lipinski definition) is 1. The topological polar surface area (TPSA) is 51.2 Å². The zero-order valence-corrected chi connectivity index (χ0v) is 13.7. The lowest BCUT2D eigenvalue weighted by Crippen LogP contribution is -2.32. The highest BCUT2D eigenvalue weighted by atomic mass is 32.1. The van der Waals surface area contributed by atoms with E-state index in [9.17, 15) is 9.18 Å². The molecular weight excluding hydrogens is 315 g/mol. The molecule has 0 aliphatic carbocycles. The van der Waals surface area contributed by atoms with Crippen LogP contribution < -0.4 is 5.32 Å². The van der Waals surface area contributed by atoms with Gasteiger partial charge in [0.25, 0.3) is 0 Å². The Morgan fingerprint density at radius 1 is 1.43 bits per heavy atom. The van der Waals surface area contributed by atoms with Crippen molar-refractivity contribution in [1.29, 1.82) is 0 Å². The summed E-state index contributed by atoms with van der Waals surface area (Å²) in [5, 5.41) is 3.52. The fourth-order valence-corrected chi connectivity index (χ4v) is 3.54. The lowest BCUT2D eigenvalue weighted by molar-refractivity contribution is -0.124. The molecule has 1 N–H and O–H groups in total. The van der Waals surface area contributed by atoms with E-state index in [1.165, 1.54) is 23.5 Å². The molecule has 1 aromatic carbocycles. The Balaban J connectivity index is 1.58. The minimum absolute atomic E-state index is 0.0109. The molecule has 0 radical (unpaired) electrons. The van der Waals surface area contributed by atoms with Crippen LogP contribution in [0.25, 0.3) is 0 Å². The molecule has 0 spiro atoms. The molecule has 1 fully saturated rings. The third-order valence-electron chi connectivity index (χ3n) is 3.93. The maximum absolute atomic E-state index is 12.9. The van der Waals surface area contributed by atoms with E-state index in [2.05, 4.69) is 10.3 Å². The van der Waals surface area contributed by atoms with Crippen molar-refractivity contribution in [1.82, 2.24) is 4.98 Å². The number of carbonyl (C=O) groups is 1. The molecule has 2 unspecified atom stereocenters. The molecule has 0 saturated carbocycles. The van der Waals surface area contributed by atoms with Gasteiger partial charge in [-0.05, 0) is 37.5 Å². The molecular formula is C17H19FN2O2S. The van der Waals surface area contributed by atoms with Crippen molar-refractivity contribution in [3.05, 3.63) is 46.7 Å².